The lowest BCUT2D eigenvalue weighted by Gasteiger charge is -2.33. The summed E-state index contributed by atoms with van der Waals surface area (Å²) in [5.41, 5.74) is 0. The van der Waals surface area contributed by atoms with E-state index in [0.717, 1.165) is 19.0 Å². The van der Waals surface area contributed by atoms with Crippen LogP contribution >= 0.6 is 0 Å². The first-order chi connectivity index (χ1) is 8.85. The maximum Gasteiger partial charge on any atom is 0.0434 e. The topological polar surface area (TPSA) is 35.5 Å². The number of nitrogens with zero attached hydrogens (tertiary/aromatic N) is 1. The van der Waals surface area contributed by atoms with Crippen molar-refractivity contribution in [2.24, 2.45) is 5.92 Å². The van der Waals surface area contributed by atoms with Crippen LogP contribution in [0, 0.1) is 5.92 Å². The Morgan fingerprint density at radius 1 is 1.22 bits per heavy atom. The lowest BCUT2D eigenvalue weighted by molar-refractivity contribution is 0.176. The van der Waals surface area contributed by atoms with Gasteiger partial charge < -0.3 is 10.4 Å². The number of nitrogens with one attached hydrogen (secondary N) is 1. The summed E-state index contributed by atoms with van der Waals surface area (Å²) in [6.45, 7) is 6.29. The molecule has 0 aromatic rings. The van der Waals surface area contributed by atoms with Gasteiger partial charge in [0.05, 0.1) is 0 Å². The normalized spacial score (nSPS) is 30.3. The molecule has 3 nitrogen and oxygen atoms in total. The Bertz CT molecular complexity index is 229. The van der Waals surface area contributed by atoms with Crippen molar-refractivity contribution < 1.29 is 5.11 Å². The van der Waals surface area contributed by atoms with Gasteiger partial charge in [0.25, 0.3) is 0 Å². The molecule has 3 heteroatoms. The Balaban J connectivity index is 1.75. The van der Waals surface area contributed by atoms with Gasteiger partial charge in [0.15, 0.2) is 0 Å². The number of hydrogen-bond donors (Lipinski definition) is 2. The fourth-order valence-electron chi connectivity index (χ4n) is 3.74. The minimum atomic E-state index is 0.340. The molecule has 3 atom stereocenters. The van der Waals surface area contributed by atoms with E-state index >= 15 is 0 Å². The van der Waals surface area contributed by atoms with E-state index in [1.165, 1.54) is 51.6 Å². The van der Waals surface area contributed by atoms with Gasteiger partial charge in [0, 0.05) is 25.2 Å². The minimum absolute atomic E-state index is 0.340. The molecule has 2 N–H and O–H groups in total. The van der Waals surface area contributed by atoms with Gasteiger partial charge in [0.1, 0.15) is 0 Å². The van der Waals surface area contributed by atoms with Crippen molar-refractivity contribution in [3.8, 4) is 0 Å². The van der Waals surface area contributed by atoms with Gasteiger partial charge in [-0.1, -0.05) is 19.8 Å². The molecule has 18 heavy (non-hydrogen) atoms. The SMILES string of the molecule is CCCC(CCO)CNC1CCN2CCCCC12. The van der Waals surface area contributed by atoms with Crippen LogP contribution in [-0.4, -0.2) is 48.3 Å². The zero-order chi connectivity index (χ0) is 12.8. The van der Waals surface area contributed by atoms with Crippen LogP contribution in [-0.2, 0) is 0 Å². The first-order valence-electron chi connectivity index (χ1n) is 7.93. The molecule has 0 aliphatic carbocycles. The summed E-state index contributed by atoms with van der Waals surface area (Å²) < 4.78 is 0. The van der Waals surface area contributed by atoms with Crippen molar-refractivity contribution in [2.75, 3.05) is 26.2 Å². The molecule has 0 amide bonds. The Morgan fingerprint density at radius 3 is 2.89 bits per heavy atom. The van der Waals surface area contributed by atoms with Crippen LogP contribution in [0.4, 0.5) is 0 Å². The average molecular weight is 254 g/mol. The van der Waals surface area contributed by atoms with E-state index in [9.17, 15) is 0 Å². The molecule has 0 aromatic heterocycles. The summed E-state index contributed by atoms with van der Waals surface area (Å²) >= 11 is 0. The zero-order valence-electron chi connectivity index (χ0n) is 11.9. The van der Waals surface area contributed by atoms with Crippen LogP contribution < -0.4 is 5.32 Å². The second-order valence-electron chi connectivity index (χ2n) is 6.07. The monoisotopic (exact) mass is 254 g/mol. The predicted molar refractivity (Wildman–Crippen MR) is 75.7 cm³/mol. The minimum Gasteiger partial charge on any atom is -0.396 e. The fraction of sp³-hybridized carbons (Fsp3) is 1.00. The highest BCUT2D eigenvalue weighted by molar-refractivity contribution is 4.94. The van der Waals surface area contributed by atoms with E-state index in [2.05, 4.69) is 17.1 Å². The molecular weight excluding hydrogens is 224 g/mol. The van der Waals surface area contributed by atoms with Gasteiger partial charge in [-0.2, -0.15) is 0 Å². The van der Waals surface area contributed by atoms with Gasteiger partial charge in [0.2, 0.25) is 0 Å². The van der Waals surface area contributed by atoms with Gasteiger partial charge >= 0.3 is 0 Å². The smallest absolute Gasteiger partial charge is 0.0434 e. The molecule has 106 valence electrons. The highest BCUT2D eigenvalue weighted by Crippen LogP contribution is 2.27. The Labute approximate surface area is 112 Å². The van der Waals surface area contributed by atoms with Gasteiger partial charge in [-0.25, -0.2) is 0 Å². The third-order valence-corrected chi connectivity index (χ3v) is 4.76. The molecule has 0 bridgehead atoms. The van der Waals surface area contributed by atoms with E-state index < -0.39 is 0 Å². The molecule has 2 rings (SSSR count). The summed E-state index contributed by atoms with van der Waals surface area (Å²) in [5, 5.41) is 12.9. The van der Waals surface area contributed by atoms with Crippen LogP contribution in [0.15, 0.2) is 0 Å². The van der Waals surface area contributed by atoms with Crippen LogP contribution in [0.2, 0.25) is 0 Å². The second-order valence-corrected chi connectivity index (χ2v) is 6.07. The van der Waals surface area contributed by atoms with Crippen molar-refractivity contribution in [1.82, 2.24) is 10.2 Å². The summed E-state index contributed by atoms with van der Waals surface area (Å²) in [6.07, 6.45) is 8.95. The fourth-order valence-corrected chi connectivity index (χ4v) is 3.74. The molecule has 2 aliphatic rings. The molecule has 3 unspecified atom stereocenters. The average Bonchev–Trinajstić information content (AvgIpc) is 2.80. The Hall–Kier alpha value is -0.120. The highest BCUT2D eigenvalue weighted by atomic mass is 16.3. The number of aliphatic hydroxyl groups is 1. The quantitative estimate of drug-likeness (QED) is 0.729. The van der Waals surface area contributed by atoms with Crippen LogP contribution in [0.3, 0.4) is 0 Å². The molecule has 2 aliphatic heterocycles. The van der Waals surface area contributed by atoms with Crippen molar-refractivity contribution in [1.29, 1.82) is 0 Å². The van der Waals surface area contributed by atoms with E-state index in [0.29, 0.717) is 18.6 Å². The van der Waals surface area contributed by atoms with E-state index in [1.54, 1.807) is 0 Å². The second kappa shape index (κ2) is 7.46. The summed E-state index contributed by atoms with van der Waals surface area (Å²) in [5.74, 6) is 0.664. The number of rotatable bonds is 7. The lowest BCUT2D eigenvalue weighted by Crippen LogP contribution is -2.46. The number of piperidine rings is 1. The standard InChI is InChI=1S/C15H30N2O/c1-2-5-13(8-11-18)12-16-14-7-10-17-9-4-3-6-15(14)17/h13-16,18H,2-12H2,1H3. The number of fused-ring (bicyclic) bond motifs is 1. The molecular formula is C15H30N2O. The third-order valence-electron chi connectivity index (χ3n) is 4.76. The van der Waals surface area contributed by atoms with Crippen molar-refractivity contribution in [3.63, 3.8) is 0 Å². The number of hydrogen-bond acceptors (Lipinski definition) is 3. The van der Waals surface area contributed by atoms with Gasteiger partial charge in [-0.3, -0.25) is 4.90 Å². The van der Waals surface area contributed by atoms with Crippen LogP contribution in [0.25, 0.3) is 0 Å². The predicted octanol–water partition coefficient (Wildman–Crippen LogP) is 2.00. The molecule has 2 saturated heterocycles. The molecule has 0 aromatic carbocycles. The van der Waals surface area contributed by atoms with Crippen LogP contribution in [0.5, 0.6) is 0 Å². The zero-order valence-corrected chi connectivity index (χ0v) is 11.9. The first kappa shape index (κ1) is 14.3. The van der Waals surface area contributed by atoms with E-state index in [-0.39, 0.29) is 0 Å². The Kier molecular flexibility index (Phi) is 5.93. The molecule has 0 saturated carbocycles. The molecule has 2 fully saturated rings. The van der Waals surface area contributed by atoms with E-state index in [4.69, 9.17) is 5.11 Å². The number of aliphatic hydroxyl groups excluding tert-OH is 1. The lowest BCUT2D eigenvalue weighted by atomic mass is 9.96. The van der Waals surface area contributed by atoms with Crippen molar-refractivity contribution in [3.05, 3.63) is 0 Å². The molecule has 2 heterocycles. The van der Waals surface area contributed by atoms with Crippen molar-refractivity contribution >= 4 is 0 Å². The van der Waals surface area contributed by atoms with Crippen molar-refractivity contribution in [2.45, 2.75) is 64.0 Å². The first-order valence-corrected chi connectivity index (χ1v) is 7.93. The molecule has 0 spiro atoms. The summed E-state index contributed by atoms with van der Waals surface area (Å²) in [4.78, 5) is 2.68. The highest BCUT2D eigenvalue weighted by Gasteiger charge is 2.35. The molecule has 0 radical (unpaired) electrons. The summed E-state index contributed by atoms with van der Waals surface area (Å²) in [6, 6.07) is 1.51. The largest absolute Gasteiger partial charge is 0.396 e. The maximum atomic E-state index is 9.11. The third kappa shape index (κ3) is 3.69. The van der Waals surface area contributed by atoms with E-state index in [1.807, 2.05) is 0 Å². The van der Waals surface area contributed by atoms with Gasteiger partial charge in [-0.15, -0.1) is 0 Å². The maximum absolute atomic E-state index is 9.11. The van der Waals surface area contributed by atoms with Gasteiger partial charge in [-0.05, 0) is 51.1 Å². The Morgan fingerprint density at radius 2 is 2.11 bits per heavy atom. The summed E-state index contributed by atoms with van der Waals surface area (Å²) in [7, 11) is 0. The van der Waals surface area contributed by atoms with Crippen LogP contribution in [0.1, 0.15) is 51.9 Å².